The van der Waals surface area contributed by atoms with Crippen LogP contribution in [0.1, 0.15) is 5.82 Å². The van der Waals surface area contributed by atoms with Crippen molar-refractivity contribution in [1.29, 1.82) is 0 Å². The minimum Gasteiger partial charge on any atom is -0.301 e. The van der Waals surface area contributed by atoms with Gasteiger partial charge in [-0.2, -0.15) is 17.9 Å². The average Bonchev–Trinajstić information content (AvgIpc) is 2.88. The SMILES string of the molecule is Cn1c(SCn2nnc3ccccc3c2=O)nnc1C(F)(F)F. The third kappa shape index (κ3) is 2.91. The van der Waals surface area contributed by atoms with Gasteiger partial charge in [0, 0.05) is 7.05 Å². The predicted octanol–water partition coefficient (Wildman–Crippen LogP) is 1.69. The van der Waals surface area contributed by atoms with Crippen molar-refractivity contribution in [3.8, 4) is 0 Å². The van der Waals surface area contributed by atoms with Crippen LogP contribution in [0.15, 0.2) is 34.2 Å². The maximum absolute atomic E-state index is 12.7. The molecule has 23 heavy (non-hydrogen) atoms. The lowest BCUT2D eigenvalue weighted by atomic mass is 10.2. The molecule has 2 aromatic heterocycles. The highest BCUT2D eigenvalue weighted by Gasteiger charge is 2.37. The van der Waals surface area contributed by atoms with Crippen molar-refractivity contribution in [3.05, 3.63) is 40.4 Å². The van der Waals surface area contributed by atoms with E-state index in [9.17, 15) is 18.0 Å². The first-order valence-electron chi connectivity index (χ1n) is 6.30. The smallest absolute Gasteiger partial charge is 0.301 e. The van der Waals surface area contributed by atoms with Crippen LogP contribution >= 0.6 is 11.8 Å². The second-order valence-electron chi connectivity index (χ2n) is 4.55. The Morgan fingerprint density at radius 3 is 2.61 bits per heavy atom. The van der Waals surface area contributed by atoms with Crippen molar-refractivity contribution in [1.82, 2.24) is 29.8 Å². The van der Waals surface area contributed by atoms with Gasteiger partial charge in [0.1, 0.15) is 5.52 Å². The Bertz CT molecular complexity index is 919. The highest BCUT2D eigenvalue weighted by Crippen LogP contribution is 2.29. The number of halogens is 3. The molecule has 0 N–H and O–H groups in total. The summed E-state index contributed by atoms with van der Waals surface area (Å²) in [7, 11) is 1.21. The molecular weight excluding hydrogens is 333 g/mol. The fourth-order valence-electron chi connectivity index (χ4n) is 1.91. The monoisotopic (exact) mass is 342 g/mol. The molecule has 0 amide bonds. The van der Waals surface area contributed by atoms with E-state index in [1.807, 2.05) is 0 Å². The maximum atomic E-state index is 12.7. The second-order valence-corrected chi connectivity index (χ2v) is 5.46. The molecule has 7 nitrogen and oxygen atoms in total. The fourth-order valence-corrected chi connectivity index (χ4v) is 2.70. The minimum absolute atomic E-state index is 0.0270. The Balaban J connectivity index is 1.86. The van der Waals surface area contributed by atoms with E-state index >= 15 is 0 Å². The molecule has 11 heteroatoms. The lowest BCUT2D eigenvalue weighted by molar-refractivity contribution is -0.147. The van der Waals surface area contributed by atoms with Crippen molar-refractivity contribution < 1.29 is 13.2 Å². The van der Waals surface area contributed by atoms with E-state index in [1.54, 1.807) is 24.3 Å². The summed E-state index contributed by atoms with van der Waals surface area (Å²) in [6, 6.07) is 6.69. The first kappa shape index (κ1) is 15.5. The van der Waals surface area contributed by atoms with Gasteiger partial charge in [-0.3, -0.25) is 4.79 Å². The largest absolute Gasteiger partial charge is 0.451 e. The van der Waals surface area contributed by atoms with Gasteiger partial charge in [0.2, 0.25) is 5.82 Å². The van der Waals surface area contributed by atoms with Crippen LogP contribution < -0.4 is 5.56 Å². The van der Waals surface area contributed by atoms with Gasteiger partial charge < -0.3 is 4.57 Å². The lowest BCUT2D eigenvalue weighted by Gasteiger charge is -2.07. The Morgan fingerprint density at radius 2 is 1.91 bits per heavy atom. The third-order valence-electron chi connectivity index (χ3n) is 3.03. The number of nitrogens with zero attached hydrogens (tertiary/aromatic N) is 6. The van der Waals surface area contributed by atoms with Gasteiger partial charge in [-0.15, -0.1) is 15.3 Å². The highest BCUT2D eigenvalue weighted by molar-refractivity contribution is 7.98. The molecule has 0 unspecified atom stereocenters. The van der Waals surface area contributed by atoms with Crippen LogP contribution in [-0.2, 0) is 19.1 Å². The standard InChI is InChI=1S/C12H9F3N6OS/c1-20-10(12(13,14)15)17-18-11(20)23-6-21-9(22)7-4-2-3-5-8(7)16-19-21/h2-5H,6H2,1H3. The summed E-state index contributed by atoms with van der Waals surface area (Å²) in [6.45, 7) is 0. The summed E-state index contributed by atoms with van der Waals surface area (Å²) in [5.74, 6) is -1.13. The predicted molar refractivity (Wildman–Crippen MR) is 75.7 cm³/mol. The van der Waals surface area contributed by atoms with E-state index in [1.165, 1.54) is 7.05 Å². The molecule has 0 spiro atoms. The number of fused-ring (bicyclic) bond motifs is 1. The summed E-state index contributed by atoms with van der Waals surface area (Å²) in [5, 5.41) is 14.7. The van der Waals surface area contributed by atoms with Gasteiger partial charge in [0.15, 0.2) is 5.16 Å². The zero-order chi connectivity index (χ0) is 16.6. The molecule has 0 saturated carbocycles. The molecule has 0 fully saturated rings. The normalized spacial score (nSPS) is 12.0. The van der Waals surface area contributed by atoms with E-state index in [0.717, 1.165) is 21.0 Å². The molecule has 0 atom stereocenters. The minimum atomic E-state index is -4.58. The van der Waals surface area contributed by atoms with Gasteiger partial charge in [0.25, 0.3) is 5.56 Å². The topological polar surface area (TPSA) is 78.5 Å². The van der Waals surface area contributed by atoms with Crippen molar-refractivity contribution in [3.63, 3.8) is 0 Å². The lowest BCUT2D eigenvalue weighted by Crippen LogP contribution is -2.23. The molecule has 120 valence electrons. The molecule has 0 aliphatic rings. The van der Waals surface area contributed by atoms with Crippen molar-refractivity contribution >= 4 is 22.7 Å². The number of thioether (sulfide) groups is 1. The van der Waals surface area contributed by atoms with Crippen molar-refractivity contribution in [2.24, 2.45) is 7.05 Å². The maximum Gasteiger partial charge on any atom is 0.451 e. The molecular formula is C12H9F3N6OS. The molecule has 2 heterocycles. The van der Waals surface area contributed by atoms with Crippen LogP contribution in [-0.4, -0.2) is 29.8 Å². The fraction of sp³-hybridized carbons (Fsp3) is 0.250. The quantitative estimate of drug-likeness (QED) is 0.674. The van der Waals surface area contributed by atoms with E-state index in [-0.39, 0.29) is 16.6 Å². The van der Waals surface area contributed by atoms with Gasteiger partial charge >= 0.3 is 6.18 Å². The van der Waals surface area contributed by atoms with Crippen LogP contribution in [0, 0.1) is 0 Å². The van der Waals surface area contributed by atoms with Gasteiger partial charge in [-0.05, 0) is 12.1 Å². The summed E-state index contributed by atoms with van der Waals surface area (Å²) < 4.78 is 39.8. The van der Waals surface area contributed by atoms with Gasteiger partial charge in [-0.25, -0.2) is 0 Å². The van der Waals surface area contributed by atoms with Crippen LogP contribution in [0.4, 0.5) is 13.2 Å². The highest BCUT2D eigenvalue weighted by atomic mass is 32.2. The molecule has 1 aromatic carbocycles. The molecule has 0 saturated heterocycles. The average molecular weight is 342 g/mol. The summed E-state index contributed by atoms with van der Waals surface area (Å²) >= 11 is 0.910. The Hall–Kier alpha value is -2.43. The summed E-state index contributed by atoms with van der Waals surface area (Å²) in [4.78, 5) is 12.2. The Morgan fingerprint density at radius 1 is 1.17 bits per heavy atom. The van der Waals surface area contributed by atoms with Crippen LogP contribution in [0.3, 0.4) is 0 Å². The molecule has 0 radical (unpaired) electrons. The first-order valence-corrected chi connectivity index (χ1v) is 7.28. The van der Waals surface area contributed by atoms with Crippen molar-refractivity contribution in [2.45, 2.75) is 17.2 Å². The Kier molecular flexibility index (Phi) is 3.80. The molecule has 0 bridgehead atoms. The van der Waals surface area contributed by atoms with Crippen LogP contribution in [0.5, 0.6) is 0 Å². The van der Waals surface area contributed by atoms with Crippen LogP contribution in [0.25, 0.3) is 10.9 Å². The number of hydrogen-bond acceptors (Lipinski definition) is 6. The molecule has 0 aliphatic carbocycles. The van der Waals surface area contributed by atoms with Gasteiger partial charge in [-0.1, -0.05) is 29.1 Å². The second kappa shape index (κ2) is 5.65. The van der Waals surface area contributed by atoms with E-state index in [2.05, 4.69) is 20.5 Å². The number of aromatic nitrogens is 6. The van der Waals surface area contributed by atoms with Gasteiger partial charge in [0.05, 0.1) is 11.3 Å². The number of hydrogen-bond donors (Lipinski definition) is 0. The van der Waals surface area contributed by atoms with E-state index in [0.29, 0.717) is 10.9 Å². The van der Waals surface area contributed by atoms with Crippen molar-refractivity contribution in [2.75, 3.05) is 0 Å². The summed E-state index contributed by atoms with van der Waals surface area (Å²) in [5.41, 5.74) is 0.0816. The Labute approximate surface area is 131 Å². The molecule has 3 aromatic rings. The third-order valence-corrected chi connectivity index (χ3v) is 4.02. The first-order chi connectivity index (χ1) is 10.9. The number of benzene rings is 1. The van der Waals surface area contributed by atoms with E-state index in [4.69, 9.17) is 0 Å². The van der Waals surface area contributed by atoms with Crippen LogP contribution in [0.2, 0.25) is 0 Å². The summed E-state index contributed by atoms with van der Waals surface area (Å²) in [6.07, 6.45) is -4.58. The number of rotatable bonds is 3. The zero-order valence-electron chi connectivity index (χ0n) is 11.7. The van der Waals surface area contributed by atoms with E-state index < -0.39 is 12.0 Å². The number of alkyl halides is 3. The molecule has 3 rings (SSSR count). The molecule has 0 aliphatic heterocycles. The zero-order valence-corrected chi connectivity index (χ0v) is 12.5.